The lowest BCUT2D eigenvalue weighted by Crippen LogP contribution is -2.40. The van der Waals surface area contributed by atoms with E-state index in [4.69, 9.17) is 9.84 Å². The van der Waals surface area contributed by atoms with Gasteiger partial charge in [-0.25, -0.2) is 0 Å². The predicted octanol–water partition coefficient (Wildman–Crippen LogP) is -0.634. The van der Waals surface area contributed by atoms with Gasteiger partial charge in [0.2, 0.25) is 11.8 Å². The lowest BCUT2D eigenvalue weighted by atomic mass is 10.0. The summed E-state index contributed by atoms with van der Waals surface area (Å²) in [5, 5.41) is 14.0. The smallest absolute Gasteiger partial charge is 0.306 e. The molecule has 0 aromatic rings. The lowest BCUT2D eigenvalue weighted by Gasteiger charge is -2.10. The van der Waals surface area contributed by atoms with Gasteiger partial charge in [0.15, 0.2) is 0 Å². The number of hydrogen-bond donors (Lipinski definition) is 3. The summed E-state index contributed by atoms with van der Waals surface area (Å²) in [7, 11) is 1.53. The minimum atomic E-state index is -0.854. The molecule has 0 saturated heterocycles. The van der Waals surface area contributed by atoms with Crippen molar-refractivity contribution in [2.45, 2.75) is 19.3 Å². The van der Waals surface area contributed by atoms with Crippen molar-refractivity contribution in [3.8, 4) is 0 Å². The zero-order valence-electron chi connectivity index (χ0n) is 11.0. The van der Waals surface area contributed by atoms with E-state index in [9.17, 15) is 14.4 Å². The Bertz CT molecular complexity index is 345. The molecule has 0 unspecified atom stereocenters. The summed E-state index contributed by atoms with van der Waals surface area (Å²) in [6.45, 7) is 0.731. The van der Waals surface area contributed by atoms with E-state index in [0.29, 0.717) is 32.4 Å². The van der Waals surface area contributed by atoms with E-state index < -0.39 is 11.9 Å². The maximum Gasteiger partial charge on any atom is 0.306 e. The average molecular weight is 272 g/mol. The molecule has 2 atom stereocenters. The molecular weight excluding hydrogens is 252 g/mol. The largest absolute Gasteiger partial charge is 0.481 e. The van der Waals surface area contributed by atoms with E-state index in [1.165, 1.54) is 7.11 Å². The Hall–Kier alpha value is -1.63. The van der Waals surface area contributed by atoms with Crippen LogP contribution in [0.3, 0.4) is 0 Å². The third kappa shape index (κ3) is 5.25. The Morgan fingerprint density at radius 2 is 1.89 bits per heavy atom. The Kier molecular flexibility index (Phi) is 6.27. The number of hydrogen-bond acceptors (Lipinski definition) is 4. The van der Waals surface area contributed by atoms with Gasteiger partial charge in [-0.1, -0.05) is 0 Å². The van der Waals surface area contributed by atoms with Crippen LogP contribution in [0, 0.1) is 11.8 Å². The number of carboxylic acids is 1. The summed E-state index contributed by atoms with van der Waals surface area (Å²) >= 11 is 0. The molecule has 0 radical (unpaired) electrons. The number of methoxy groups -OCH3 is 1. The van der Waals surface area contributed by atoms with E-state index in [-0.39, 0.29) is 24.3 Å². The Morgan fingerprint density at radius 3 is 2.47 bits per heavy atom. The first-order valence-corrected chi connectivity index (χ1v) is 6.30. The summed E-state index contributed by atoms with van der Waals surface area (Å²) in [5.41, 5.74) is 0. The van der Waals surface area contributed by atoms with Gasteiger partial charge in [0.25, 0.3) is 0 Å². The average Bonchev–Trinajstić information content (AvgIpc) is 2.86. The quantitative estimate of drug-likeness (QED) is 0.535. The van der Waals surface area contributed by atoms with E-state index in [2.05, 4.69) is 10.6 Å². The number of carboxylic acid groups (broad SMARTS) is 1. The highest BCUT2D eigenvalue weighted by atomic mass is 16.5. The lowest BCUT2D eigenvalue weighted by molar-refractivity contribution is -0.141. The molecule has 1 rings (SSSR count). The molecule has 7 nitrogen and oxygen atoms in total. The normalized spacial score (nSPS) is 21.9. The van der Waals surface area contributed by atoms with Crippen molar-refractivity contribution in [3.05, 3.63) is 0 Å². The standard InChI is InChI=1S/C12H20N2O5/c1-19-5-4-13-10(15)7-14-11(16)8-2-3-9(6-8)12(17)18/h8-9H,2-7H2,1H3,(H,13,15)(H,14,16)(H,17,18)/t8-,9+/m1/s1. The summed E-state index contributed by atoms with van der Waals surface area (Å²) in [4.78, 5) is 33.8. The van der Waals surface area contributed by atoms with Gasteiger partial charge in [0.05, 0.1) is 19.1 Å². The molecule has 0 aromatic heterocycles. The van der Waals surface area contributed by atoms with Crippen molar-refractivity contribution in [2.24, 2.45) is 11.8 Å². The summed E-state index contributed by atoms with van der Waals surface area (Å²) < 4.78 is 4.78. The monoisotopic (exact) mass is 272 g/mol. The fraction of sp³-hybridized carbons (Fsp3) is 0.750. The molecule has 0 bridgehead atoms. The molecule has 3 N–H and O–H groups in total. The van der Waals surface area contributed by atoms with Gasteiger partial charge in [0.1, 0.15) is 0 Å². The highest BCUT2D eigenvalue weighted by Crippen LogP contribution is 2.30. The van der Waals surface area contributed by atoms with Crippen LogP contribution in [0.25, 0.3) is 0 Å². The number of carbonyl (C=O) groups is 3. The molecule has 0 spiro atoms. The van der Waals surface area contributed by atoms with Gasteiger partial charge < -0.3 is 20.5 Å². The molecule has 2 amide bonds. The highest BCUT2D eigenvalue weighted by molar-refractivity contribution is 5.86. The zero-order chi connectivity index (χ0) is 14.3. The van der Waals surface area contributed by atoms with Crippen LogP contribution in [0.4, 0.5) is 0 Å². The van der Waals surface area contributed by atoms with Crippen molar-refractivity contribution >= 4 is 17.8 Å². The Morgan fingerprint density at radius 1 is 1.21 bits per heavy atom. The van der Waals surface area contributed by atoms with E-state index in [1.807, 2.05) is 0 Å². The third-order valence-electron chi connectivity index (χ3n) is 3.20. The second-order valence-corrected chi connectivity index (χ2v) is 4.61. The van der Waals surface area contributed by atoms with Crippen LogP contribution >= 0.6 is 0 Å². The predicted molar refractivity (Wildman–Crippen MR) is 66.4 cm³/mol. The fourth-order valence-electron chi connectivity index (χ4n) is 2.11. The van der Waals surface area contributed by atoms with Crippen LogP contribution in [-0.4, -0.2) is 49.7 Å². The third-order valence-corrected chi connectivity index (χ3v) is 3.20. The second-order valence-electron chi connectivity index (χ2n) is 4.61. The van der Waals surface area contributed by atoms with Crippen LogP contribution in [0.1, 0.15) is 19.3 Å². The van der Waals surface area contributed by atoms with Gasteiger partial charge in [-0.05, 0) is 19.3 Å². The van der Waals surface area contributed by atoms with Crippen molar-refractivity contribution in [1.82, 2.24) is 10.6 Å². The van der Waals surface area contributed by atoms with E-state index in [0.717, 1.165) is 0 Å². The summed E-state index contributed by atoms with van der Waals surface area (Å²) in [5.74, 6) is -2.12. The SMILES string of the molecule is COCCNC(=O)CNC(=O)[C@@H]1CC[C@H](C(=O)O)C1. The van der Waals surface area contributed by atoms with Crippen molar-refractivity contribution in [3.63, 3.8) is 0 Å². The van der Waals surface area contributed by atoms with Crippen molar-refractivity contribution < 1.29 is 24.2 Å². The van der Waals surface area contributed by atoms with Crippen molar-refractivity contribution in [1.29, 1.82) is 0 Å². The maximum atomic E-state index is 11.7. The minimum absolute atomic E-state index is 0.0865. The number of ether oxygens (including phenoxy) is 1. The second kappa shape index (κ2) is 7.73. The molecule has 108 valence electrons. The molecule has 0 aliphatic heterocycles. The van der Waals surface area contributed by atoms with Crippen LogP contribution < -0.4 is 10.6 Å². The van der Waals surface area contributed by atoms with Gasteiger partial charge in [-0.3, -0.25) is 14.4 Å². The molecule has 1 aliphatic rings. The van der Waals surface area contributed by atoms with Crippen LogP contribution in [0.5, 0.6) is 0 Å². The molecule has 0 heterocycles. The number of nitrogens with one attached hydrogen (secondary N) is 2. The highest BCUT2D eigenvalue weighted by Gasteiger charge is 2.33. The molecular formula is C12H20N2O5. The Labute approximate surface area is 111 Å². The van der Waals surface area contributed by atoms with Gasteiger partial charge >= 0.3 is 5.97 Å². The first-order chi connectivity index (χ1) is 9.04. The number of aliphatic carboxylic acids is 1. The van der Waals surface area contributed by atoms with Crippen LogP contribution in [0.2, 0.25) is 0 Å². The molecule has 1 aliphatic carbocycles. The molecule has 1 saturated carbocycles. The summed E-state index contributed by atoms with van der Waals surface area (Å²) in [6.07, 6.45) is 1.44. The van der Waals surface area contributed by atoms with Crippen LogP contribution in [-0.2, 0) is 19.1 Å². The van der Waals surface area contributed by atoms with Gasteiger partial charge in [-0.2, -0.15) is 0 Å². The van der Waals surface area contributed by atoms with Gasteiger partial charge in [-0.15, -0.1) is 0 Å². The van der Waals surface area contributed by atoms with Gasteiger partial charge in [0, 0.05) is 19.6 Å². The molecule has 1 fully saturated rings. The zero-order valence-corrected chi connectivity index (χ0v) is 11.0. The first kappa shape index (κ1) is 15.4. The topological polar surface area (TPSA) is 105 Å². The number of amides is 2. The van der Waals surface area contributed by atoms with Crippen molar-refractivity contribution in [2.75, 3.05) is 26.8 Å². The molecule has 19 heavy (non-hydrogen) atoms. The first-order valence-electron chi connectivity index (χ1n) is 6.30. The Balaban J connectivity index is 2.21. The number of rotatable bonds is 7. The van der Waals surface area contributed by atoms with Crippen LogP contribution in [0.15, 0.2) is 0 Å². The number of carbonyl (C=O) groups excluding carboxylic acids is 2. The minimum Gasteiger partial charge on any atom is -0.481 e. The van der Waals surface area contributed by atoms with E-state index >= 15 is 0 Å². The summed E-state index contributed by atoms with van der Waals surface area (Å²) in [6, 6.07) is 0. The van der Waals surface area contributed by atoms with E-state index in [1.54, 1.807) is 0 Å². The molecule has 0 aromatic carbocycles. The molecule has 7 heteroatoms. The maximum absolute atomic E-state index is 11.7. The fourth-order valence-corrected chi connectivity index (χ4v) is 2.11.